The van der Waals surface area contributed by atoms with Crippen LogP contribution < -0.4 is 10.1 Å². The first-order valence-electron chi connectivity index (χ1n) is 10.1. The maximum atomic E-state index is 12.6. The van der Waals surface area contributed by atoms with E-state index >= 15 is 0 Å². The van der Waals surface area contributed by atoms with Crippen LogP contribution in [0.15, 0.2) is 53.5 Å². The normalized spacial score (nSPS) is 24.1. The number of para-hydroxylation sites is 1. The van der Waals surface area contributed by atoms with E-state index < -0.39 is 0 Å². The fourth-order valence-electron chi connectivity index (χ4n) is 4.48. The molecular weight excluding hydrogens is 352 g/mol. The van der Waals surface area contributed by atoms with Crippen molar-refractivity contribution in [3.05, 3.63) is 66.1 Å². The molecule has 2 fully saturated rings. The topological polar surface area (TPSA) is 54.7 Å². The van der Waals surface area contributed by atoms with Gasteiger partial charge in [-0.3, -0.25) is 4.79 Å². The van der Waals surface area contributed by atoms with Crippen molar-refractivity contribution in [2.45, 2.75) is 56.8 Å². The molecule has 2 aliphatic rings. The summed E-state index contributed by atoms with van der Waals surface area (Å²) in [6.07, 6.45) is 7.13. The lowest BCUT2D eigenvalue weighted by molar-refractivity contribution is 0.0851. The Bertz CT molecular complexity index is 830. The van der Waals surface area contributed by atoms with Crippen LogP contribution in [0, 0.1) is 0 Å². The standard InChI is InChI=1S/C23H28N2O3/c1-3-6-16-7-4-5-8-21(16)27-15-20-11-12-22(28-20)23(26)24-17-13-18-9-10-19(14-17)25(18)2/h3-5,7-8,11-12,17-19H,1,6,9-10,13-15H2,2H3,(H,24,26). The van der Waals surface area contributed by atoms with E-state index in [0.29, 0.717) is 30.2 Å². The second-order valence-electron chi connectivity index (χ2n) is 7.85. The van der Waals surface area contributed by atoms with Gasteiger partial charge in [-0.25, -0.2) is 0 Å². The minimum absolute atomic E-state index is 0.132. The van der Waals surface area contributed by atoms with Crippen LogP contribution in [-0.2, 0) is 13.0 Å². The highest BCUT2D eigenvalue weighted by atomic mass is 16.5. The SMILES string of the molecule is C=CCc1ccccc1OCc1ccc(C(=O)NC2CC3CCC(C2)N3C)o1. The number of hydrogen-bond acceptors (Lipinski definition) is 4. The highest BCUT2D eigenvalue weighted by Gasteiger charge is 2.39. The largest absolute Gasteiger partial charge is 0.485 e. The maximum Gasteiger partial charge on any atom is 0.287 e. The zero-order valence-electron chi connectivity index (χ0n) is 16.4. The van der Waals surface area contributed by atoms with Crippen molar-refractivity contribution in [1.29, 1.82) is 0 Å². The van der Waals surface area contributed by atoms with Crippen molar-refractivity contribution in [2.75, 3.05) is 7.05 Å². The number of nitrogens with one attached hydrogen (secondary N) is 1. The molecule has 2 atom stereocenters. The monoisotopic (exact) mass is 380 g/mol. The molecular formula is C23H28N2O3. The first-order chi connectivity index (χ1) is 13.6. The minimum atomic E-state index is -0.132. The molecule has 2 aliphatic heterocycles. The molecule has 2 bridgehead atoms. The second kappa shape index (κ2) is 8.23. The Morgan fingerprint density at radius 3 is 2.75 bits per heavy atom. The van der Waals surface area contributed by atoms with Crippen molar-refractivity contribution in [2.24, 2.45) is 0 Å². The number of carbonyl (C=O) groups excluding carboxylic acids is 1. The van der Waals surface area contributed by atoms with E-state index in [1.54, 1.807) is 6.07 Å². The van der Waals surface area contributed by atoms with Crippen molar-refractivity contribution in [3.63, 3.8) is 0 Å². The summed E-state index contributed by atoms with van der Waals surface area (Å²) in [6, 6.07) is 12.8. The van der Waals surface area contributed by atoms with Crippen LogP contribution in [0.2, 0.25) is 0 Å². The maximum absolute atomic E-state index is 12.6. The summed E-state index contributed by atoms with van der Waals surface area (Å²) in [6.45, 7) is 4.07. The third-order valence-electron chi connectivity index (χ3n) is 6.03. The molecule has 0 aliphatic carbocycles. The summed E-state index contributed by atoms with van der Waals surface area (Å²) < 4.78 is 11.6. The molecule has 1 aromatic heterocycles. The van der Waals surface area contributed by atoms with Crippen LogP contribution in [0.5, 0.6) is 5.75 Å². The van der Waals surface area contributed by atoms with Crippen molar-refractivity contribution in [1.82, 2.24) is 10.2 Å². The molecule has 2 aromatic rings. The Morgan fingerprint density at radius 1 is 1.25 bits per heavy atom. The number of piperidine rings is 1. The third kappa shape index (κ3) is 3.99. The van der Waals surface area contributed by atoms with E-state index in [1.807, 2.05) is 36.4 Å². The fraction of sp³-hybridized carbons (Fsp3) is 0.435. The summed E-state index contributed by atoms with van der Waals surface area (Å²) in [5.74, 6) is 1.67. The first kappa shape index (κ1) is 18.8. The summed E-state index contributed by atoms with van der Waals surface area (Å²) in [5, 5.41) is 3.16. The number of allylic oxidation sites excluding steroid dienone is 1. The zero-order valence-corrected chi connectivity index (χ0v) is 16.4. The number of benzene rings is 1. The van der Waals surface area contributed by atoms with Crippen LogP contribution in [-0.4, -0.2) is 36.0 Å². The zero-order chi connectivity index (χ0) is 19.5. The number of nitrogens with zero attached hydrogens (tertiary/aromatic N) is 1. The average molecular weight is 380 g/mol. The molecule has 148 valence electrons. The Hall–Kier alpha value is -2.53. The lowest BCUT2D eigenvalue weighted by Gasteiger charge is -2.36. The lowest BCUT2D eigenvalue weighted by atomic mass is 9.98. The van der Waals surface area contributed by atoms with Gasteiger partial charge >= 0.3 is 0 Å². The summed E-state index contributed by atoms with van der Waals surface area (Å²) in [4.78, 5) is 15.1. The molecule has 5 heteroatoms. The first-order valence-corrected chi connectivity index (χ1v) is 10.1. The minimum Gasteiger partial charge on any atom is -0.485 e. The number of ether oxygens (including phenoxy) is 1. The number of fused-ring (bicyclic) bond motifs is 2. The number of furan rings is 1. The quantitative estimate of drug-likeness (QED) is 0.739. The van der Waals surface area contributed by atoms with E-state index in [1.165, 1.54) is 12.8 Å². The van der Waals surface area contributed by atoms with Gasteiger partial charge in [0.05, 0.1) is 0 Å². The van der Waals surface area contributed by atoms with Gasteiger partial charge in [0.15, 0.2) is 5.76 Å². The molecule has 0 saturated carbocycles. The van der Waals surface area contributed by atoms with E-state index in [9.17, 15) is 4.79 Å². The summed E-state index contributed by atoms with van der Waals surface area (Å²) >= 11 is 0. The smallest absolute Gasteiger partial charge is 0.287 e. The average Bonchev–Trinajstić information content (AvgIpc) is 3.23. The molecule has 2 saturated heterocycles. The van der Waals surface area contributed by atoms with Gasteiger partial charge in [-0.2, -0.15) is 0 Å². The van der Waals surface area contributed by atoms with Crippen molar-refractivity contribution in [3.8, 4) is 5.75 Å². The van der Waals surface area contributed by atoms with Gasteiger partial charge in [-0.1, -0.05) is 24.3 Å². The van der Waals surface area contributed by atoms with Gasteiger partial charge in [0, 0.05) is 18.1 Å². The molecule has 28 heavy (non-hydrogen) atoms. The molecule has 2 unspecified atom stereocenters. The number of hydrogen-bond donors (Lipinski definition) is 1. The van der Waals surface area contributed by atoms with Gasteiger partial charge in [-0.05, 0) is 62.9 Å². The summed E-state index contributed by atoms with van der Waals surface area (Å²) in [5.41, 5.74) is 1.08. The fourth-order valence-corrected chi connectivity index (χ4v) is 4.48. The van der Waals surface area contributed by atoms with Gasteiger partial charge in [-0.15, -0.1) is 6.58 Å². The second-order valence-corrected chi connectivity index (χ2v) is 7.85. The van der Waals surface area contributed by atoms with Gasteiger partial charge < -0.3 is 19.4 Å². The van der Waals surface area contributed by atoms with E-state index in [0.717, 1.165) is 30.6 Å². The van der Waals surface area contributed by atoms with Crippen LogP contribution in [0.25, 0.3) is 0 Å². The predicted molar refractivity (Wildman–Crippen MR) is 108 cm³/mol. The van der Waals surface area contributed by atoms with E-state index in [-0.39, 0.29) is 11.9 Å². The number of amides is 1. The molecule has 0 radical (unpaired) electrons. The highest BCUT2D eigenvalue weighted by molar-refractivity contribution is 5.91. The van der Waals surface area contributed by atoms with Gasteiger partial charge in [0.1, 0.15) is 18.1 Å². The van der Waals surface area contributed by atoms with Gasteiger partial charge in [0.25, 0.3) is 5.91 Å². The molecule has 5 nitrogen and oxygen atoms in total. The van der Waals surface area contributed by atoms with E-state index in [4.69, 9.17) is 9.15 Å². The van der Waals surface area contributed by atoms with Crippen molar-refractivity contribution >= 4 is 5.91 Å². The molecule has 1 amide bonds. The predicted octanol–water partition coefficient (Wildman–Crippen LogP) is 3.94. The highest BCUT2D eigenvalue weighted by Crippen LogP contribution is 2.34. The van der Waals surface area contributed by atoms with Crippen LogP contribution in [0.1, 0.15) is 47.6 Å². The van der Waals surface area contributed by atoms with Crippen LogP contribution in [0.3, 0.4) is 0 Å². The Balaban J connectivity index is 1.33. The molecule has 1 N–H and O–H groups in total. The van der Waals surface area contributed by atoms with Crippen molar-refractivity contribution < 1.29 is 13.9 Å². The molecule has 0 spiro atoms. The Morgan fingerprint density at radius 2 is 2.00 bits per heavy atom. The number of carbonyl (C=O) groups is 1. The number of rotatable bonds is 7. The van der Waals surface area contributed by atoms with Crippen LogP contribution >= 0.6 is 0 Å². The molecule has 3 heterocycles. The Kier molecular flexibility index (Phi) is 5.53. The van der Waals surface area contributed by atoms with E-state index in [2.05, 4.69) is 23.8 Å². The van der Waals surface area contributed by atoms with Gasteiger partial charge in [0.2, 0.25) is 0 Å². The molecule has 4 rings (SSSR count). The third-order valence-corrected chi connectivity index (χ3v) is 6.03. The molecule has 1 aromatic carbocycles. The lowest BCUT2D eigenvalue weighted by Crippen LogP contribution is -2.48. The van der Waals surface area contributed by atoms with Crippen LogP contribution in [0.4, 0.5) is 0 Å². The Labute approximate surface area is 166 Å². The summed E-state index contributed by atoms with van der Waals surface area (Å²) in [7, 11) is 2.20.